The number of rotatable bonds is 9. The van der Waals surface area contributed by atoms with Gasteiger partial charge in [0.1, 0.15) is 0 Å². The van der Waals surface area contributed by atoms with Gasteiger partial charge in [-0.15, -0.1) is 0 Å². The van der Waals surface area contributed by atoms with E-state index in [9.17, 15) is 0 Å². The van der Waals surface area contributed by atoms with Gasteiger partial charge in [0, 0.05) is 33.8 Å². The second-order valence-corrected chi connectivity index (χ2v) is 11.7. The molecule has 0 heterocycles. The smallest absolute Gasteiger partial charge is 0.0540 e. The summed E-state index contributed by atoms with van der Waals surface area (Å²) in [7, 11) is 0. The lowest BCUT2D eigenvalue weighted by Crippen LogP contribution is -2.11. The zero-order valence-corrected chi connectivity index (χ0v) is 26.6. The lowest BCUT2D eigenvalue weighted by Gasteiger charge is -2.28. The molecule has 0 aliphatic heterocycles. The molecular weight excluding hydrogens is 569 g/mol. The normalized spacial score (nSPS) is 10.8. The van der Waals surface area contributed by atoms with Gasteiger partial charge in [0.2, 0.25) is 0 Å². The number of hydrogen-bond acceptors (Lipinski definition) is 2. The number of para-hydroxylation sites is 1. The molecule has 7 aromatic rings. The highest BCUT2D eigenvalue weighted by Crippen LogP contribution is 2.42. The molecule has 0 fully saturated rings. The molecular formula is C45H36N2. The third-order valence-electron chi connectivity index (χ3n) is 8.65. The molecule has 47 heavy (non-hydrogen) atoms. The Morgan fingerprint density at radius 3 is 1.74 bits per heavy atom. The van der Waals surface area contributed by atoms with Gasteiger partial charge in [-0.3, -0.25) is 0 Å². The molecule has 0 amide bonds. The molecule has 0 spiro atoms. The fourth-order valence-electron chi connectivity index (χ4n) is 6.21. The molecule has 7 rings (SSSR count). The number of hydrogen-bond donors (Lipinski definition) is 0. The first kappa shape index (κ1) is 29.6. The number of nitrogens with zero attached hydrogens (tertiary/aromatic N) is 2. The Labute approximate surface area is 277 Å². The quantitative estimate of drug-likeness (QED) is 0.162. The van der Waals surface area contributed by atoms with Crippen molar-refractivity contribution in [3.8, 4) is 11.1 Å². The summed E-state index contributed by atoms with van der Waals surface area (Å²) in [6.07, 6.45) is 3.82. The molecule has 0 atom stereocenters. The number of benzene rings is 7. The van der Waals surface area contributed by atoms with Crippen molar-refractivity contribution in [3.63, 3.8) is 0 Å². The molecule has 0 aliphatic carbocycles. The summed E-state index contributed by atoms with van der Waals surface area (Å²) in [6, 6.07) is 58.3. The largest absolute Gasteiger partial charge is 0.311 e. The van der Waals surface area contributed by atoms with E-state index in [1.165, 1.54) is 16.3 Å². The minimum atomic E-state index is 1.08. The van der Waals surface area contributed by atoms with E-state index in [4.69, 9.17) is 0 Å². The Hall–Kier alpha value is -6.12. The highest BCUT2D eigenvalue weighted by molar-refractivity contribution is 5.99. The molecule has 2 heteroatoms. The summed E-state index contributed by atoms with van der Waals surface area (Å²) in [5.74, 6) is 0. The lowest BCUT2D eigenvalue weighted by molar-refractivity contribution is 1.28. The van der Waals surface area contributed by atoms with Crippen molar-refractivity contribution in [3.05, 3.63) is 194 Å². The summed E-state index contributed by atoms with van der Waals surface area (Å²) in [5, 5.41) is 2.42. The van der Waals surface area contributed by atoms with Gasteiger partial charge in [0.25, 0.3) is 0 Å². The lowest BCUT2D eigenvalue weighted by atomic mass is 9.97. The molecule has 2 nitrogen and oxygen atoms in total. The van der Waals surface area contributed by atoms with E-state index in [1.807, 2.05) is 18.2 Å². The van der Waals surface area contributed by atoms with E-state index < -0.39 is 0 Å². The average Bonchev–Trinajstić information content (AvgIpc) is 3.14. The van der Waals surface area contributed by atoms with Crippen LogP contribution in [0.2, 0.25) is 0 Å². The summed E-state index contributed by atoms with van der Waals surface area (Å²) in [4.78, 5) is 4.64. The van der Waals surface area contributed by atoms with Crippen LogP contribution in [0.3, 0.4) is 0 Å². The average molecular weight is 605 g/mol. The van der Waals surface area contributed by atoms with E-state index in [2.05, 4.69) is 188 Å². The minimum absolute atomic E-state index is 1.08. The maximum absolute atomic E-state index is 4.17. The Kier molecular flexibility index (Phi) is 8.24. The topological polar surface area (TPSA) is 6.48 Å². The minimum Gasteiger partial charge on any atom is -0.311 e. The van der Waals surface area contributed by atoms with Gasteiger partial charge in [0.05, 0.1) is 5.69 Å². The summed E-state index contributed by atoms with van der Waals surface area (Å²) in [5.41, 5.74) is 12.3. The van der Waals surface area contributed by atoms with Crippen LogP contribution >= 0.6 is 0 Å². The Morgan fingerprint density at radius 2 is 1.04 bits per heavy atom. The van der Waals surface area contributed by atoms with Crippen molar-refractivity contribution < 1.29 is 0 Å². The van der Waals surface area contributed by atoms with Crippen molar-refractivity contribution >= 4 is 57.0 Å². The second kappa shape index (κ2) is 13.1. The van der Waals surface area contributed by atoms with Gasteiger partial charge in [-0.1, -0.05) is 128 Å². The van der Waals surface area contributed by atoms with Crippen LogP contribution in [0, 0.1) is 6.92 Å². The fourth-order valence-corrected chi connectivity index (χ4v) is 6.21. The molecule has 0 radical (unpaired) electrons. The summed E-state index contributed by atoms with van der Waals surface area (Å²) in [6.45, 7) is 10.2. The van der Waals surface area contributed by atoms with Crippen LogP contribution < -0.4 is 9.80 Å². The Balaban J connectivity index is 1.33. The van der Waals surface area contributed by atoms with Crippen LogP contribution in [-0.4, -0.2) is 0 Å². The second-order valence-electron chi connectivity index (χ2n) is 11.7. The van der Waals surface area contributed by atoms with Gasteiger partial charge in [-0.2, -0.15) is 0 Å². The summed E-state index contributed by atoms with van der Waals surface area (Å²) >= 11 is 0. The molecule has 0 bridgehead atoms. The Morgan fingerprint density at radius 1 is 0.468 bits per heavy atom. The van der Waals surface area contributed by atoms with Crippen molar-refractivity contribution in [1.29, 1.82) is 0 Å². The molecule has 0 saturated carbocycles. The van der Waals surface area contributed by atoms with Crippen LogP contribution in [0.1, 0.15) is 16.7 Å². The highest BCUT2D eigenvalue weighted by atomic mass is 15.1. The Bertz CT molecular complexity index is 2160. The van der Waals surface area contributed by atoms with Gasteiger partial charge in [-0.25, -0.2) is 0 Å². The summed E-state index contributed by atoms with van der Waals surface area (Å²) < 4.78 is 0. The number of fused-ring (bicyclic) bond motifs is 1. The number of anilines is 6. The van der Waals surface area contributed by atoms with Gasteiger partial charge < -0.3 is 9.80 Å². The highest BCUT2D eigenvalue weighted by Gasteiger charge is 2.18. The van der Waals surface area contributed by atoms with Crippen LogP contribution in [-0.2, 0) is 0 Å². The van der Waals surface area contributed by atoms with E-state index in [0.29, 0.717) is 0 Å². The molecule has 7 aromatic carbocycles. The molecule has 0 N–H and O–H groups in total. The third kappa shape index (κ3) is 5.97. The maximum atomic E-state index is 4.17. The van der Waals surface area contributed by atoms with E-state index in [-0.39, 0.29) is 0 Å². The van der Waals surface area contributed by atoms with Gasteiger partial charge >= 0.3 is 0 Å². The predicted octanol–water partition coefficient (Wildman–Crippen LogP) is 13.0. The maximum Gasteiger partial charge on any atom is 0.0540 e. The molecule has 0 aromatic heterocycles. The van der Waals surface area contributed by atoms with Crippen LogP contribution in [0.15, 0.2) is 177 Å². The standard InChI is InChI=1S/C45H36N2/c1-4-34-20-27-39(28-21-34)46(38-14-7-6-8-15-38)40-29-23-37(24-30-40)44-32-42(31-22-35(44)5-2)47(41-25-18-33(3)19-26-41)45-17-11-13-36-12-9-10-16-43(36)45/h4-32H,1-2H2,3H3. The predicted molar refractivity (Wildman–Crippen MR) is 204 cm³/mol. The first-order valence-electron chi connectivity index (χ1n) is 15.9. The van der Waals surface area contributed by atoms with Crippen molar-refractivity contribution in [2.45, 2.75) is 6.92 Å². The van der Waals surface area contributed by atoms with Gasteiger partial charge in [0.15, 0.2) is 0 Å². The molecule has 0 saturated heterocycles. The van der Waals surface area contributed by atoms with Gasteiger partial charge in [-0.05, 0) is 101 Å². The van der Waals surface area contributed by atoms with Crippen LogP contribution in [0.5, 0.6) is 0 Å². The SMILES string of the molecule is C=Cc1ccc(N(c2ccccc2)c2ccc(-c3cc(N(c4ccc(C)cc4)c4cccc5ccccc45)ccc3C=C)cc2)cc1. The van der Waals surface area contributed by atoms with E-state index in [1.54, 1.807) is 0 Å². The zero-order valence-electron chi connectivity index (χ0n) is 26.6. The van der Waals surface area contributed by atoms with E-state index >= 15 is 0 Å². The first-order chi connectivity index (χ1) is 23.1. The van der Waals surface area contributed by atoms with Crippen molar-refractivity contribution in [2.24, 2.45) is 0 Å². The fraction of sp³-hybridized carbons (Fsp3) is 0.0222. The first-order valence-corrected chi connectivity index (χ1v) is 15.9. The third-order valence-corrected chi connectivity index (χ3v) is 8.65. The number of aryl methyl sites for hydroxylation is 1. The monoisotopic (exact) mass is 604 g/mol. The molecule has 226 valence electrons. The van der Waals surface area contributed by atoms with Crippen LogP contribution in [0.4, 0.5) is 34.1 Å². The zero-order chi connectivity index (χ0) is 32.2. The molecule has 0 unspecified atom stereocenters. The van der Waals surface area contributed by atoms with E-state index in [0.717, 1.165) is 56.4 Å². The van der Waals surface area contributed by atoms with Crippen LogP contribution in [0.25, 0.3) is 34.1 Å². The van der Waals surface area contributed by atoms with Crippen molar-refractivity contribution in [1.82, 2.24) is 0 Å². The van der Waals surface area contributed by atoms with Crippen molar-refractivity contribution in [2.75, 3.05) is 9.80 Å². The molecule has 0 aliphatic rings.